The summed E-state index contributed by atoms with van der Waals surface area (Å²) in [6, 6.07) is 9.57. The molecule has 1 aromatic carbocycles. The maximum atomic E-state index is 12.0. The van der Waals surface area contributed by atoms with Crippen LogP contribution in [0, 0.1) is 6.92 Å². The molecule has 5 heteroatoms. The van der Waals surface area contributed by atoms with Crippen molar-refractivity contribution in [3.8, 4) is 0 Å². The zero-order chi connectivity index (χ0) is 16.3. The molecular weight excluding hydrogens is 342 g/mol. The number of halogens is 1. The van der Waals surface area contributed by atoms with E-state index in [4.69, 9.17) is 0 Å². The fraction of sp³-hybridized carbons (Fsp3) is 0.294. The van der Waals surface area contributed by atoms with Crippen molar-refractivity contribution in [2.75, 3.05) is 5.32 Å². The summed E-state index contributed by atoms with van der Waals surface area (Å²) in [5.41, 5.74) is 2.40. The van der Waals surface area contributed by atoms with Crippen molar-refractivity contribution in [1.82, 2.24) is 10.3 Å². The van der Waals surface area contributed by atoms with Gasteiger partial charge in [0.15, 0.2) is 0 Å². The molecule has 1 heterocycles. The topological polar surface area (TPSA) is 54.0 Å². The Morgan fingerprint density at radius 1 is 1.18 bits per heavy atom. The van der Waals surface area contributed by atoms with Crippen LogP contribution >= 0.6 is 15.9 Å². The molecule has 1 amide bonds. The van der Waals surface area contributed by atoms with Crippen LogP contribution in [0.2, 0.25) is 0 Å². The fourth-order valence-electron chi connectivity index (χ4n) is 1.83. The molecule has 116 valence electrons. The monoisotopic (exact) mass is 361 g/mol. The summed E-state index contributed by atoms with van der Waals surface area (Å²) in [5.74, 6) is 0.577. The number of pyridine rings is 1. The molecular formula is C17H20BrN3O. The SMILES string of the molecule is Cc1ccc(Nc2ccc(C(=O)NC(C)(C)C)cn2)cc1Br. The molecule has 0 saturated heterocycles. The van der Waals surface area contributed by atoms with Crippen LogP contribution in [0.1, 0.15) is 36.7 Å². The minimum Gasteiger partial charge on any atom is -0.347 e. The molecule has 0 radical (unpaired) electrons. The fourth-order valence-corrected chi connectivity index (χ4v) is 2.21. The van der Waals surface area contributed by atoms with E-state index in [0.717, 1.165) is 10.2 Å². The number of nitrogens with zero attached hydrogens (tertiary/aromatic N) is 1. The second-order valence-corrected chi connectivity index (χ2v) is 7.08. The summed E-state index contributed by atoms with van der Waals surface area (Å²) in [6.45, 7) is 7.88. The number of benzene rings is 1. The average molecular weight is 362 g/mol. The van der Waals surface area contributed by atoms with E-state index >= 15 is 0 Å². The Hall–Kier alpha value is -1.88. The number of hydrogen-bond donors (Lipinski definition) is 2. The zero-order valence-corrected chi connectivity index (χ0v) is 14.8. The van der Waals surface area contributed by atoms with E-state index in [-0.39, 0.29) is 11.4 Å². The Bertz CT molecular complexity index is 675. The predicted octanol–water partition coefficient (Wildman–Crippen LogP) is 4.42. The standard InChI is InChI=1S/C17H20BrN3O/c1-11-5-7-13(9-14(11)18)20-15-8-6-12(10-19-15)16(22)21-17(2,3)4/h5-10H,1-4H3,(H,19,20)(H,21,22). The number of carbonyl (C=O) groups is 1. The van der Waals surface area contributed by atoms with Crippen LogP contribution in [-0.4, -0.2) is 16.4 Å². The Morgan fingerprint density at radius 3 is 2.45 bits per heavy atom. The van der Waals surface area contributed by atoms with Gasteiger partial charge in [0.2, 0.25) is 0 Å². The van der Waals surface area contributed by atoms with Gasteiger partial charge in [0.05, 0.1) is 5.56 Å². The summed E-state index contributed by atoms with van der Waals surface area (Å²) in [6.07, 6.45) is 1.58. The number of aryl methyl sites for hydroxylation is 1. The van der Waals surface area contributed by atoms with Crippen molar-refractivity contribution in [2.45, 2.75) is 33.2 Å². The first-order valence-corrected chi connectivity index (χ1v) is 7.86. The highest BCUT2D eigenvalue weighted by Crippen LogP contribution is 2.22. The third-order valence-corrected chi connectivity index (χ3v) is 3.81. The highest BCUT2D eigenvalue weighted by molar-refractivity contribution is 9.10. The minimum absolute atomic E-state index is 0.121. The van der Waals surface area contributed by atoms with E-state index in [2.05, 4.69) is 31.5 Å². The van der Waals surface area contributed by atoms with Crippen LogP contribution in [0.5, 0.6) is 0 Å². The van der Waals surface area contributed by atoms with Crippen LogP contribution in [-0.2, 0) is 0 Å². The maximum absolute atomic E-state index is 12.0. The lowest BCUT2D eigenvalue weighted by Gasteiger charge is -2.20. The molecule has 0 atom stereocenters. The number of carbonyl (C=O) groups excluding carboxylic acids is 1. The number of nitrogens with one attached hydrogen (secondary N) is 2. The summed E-state index contributed by atoms with van der Waals surface area (Å²) < 4.78 is 1.04. The average Bonchev–Trinajstić information content (AvgIpc) is 2.42. The molecule has 2 N–H and O–H groups in total. The van der Waals surface area contributed by atoms with Gasteiger partial charge in [0.25, 0.3) is 5.91 Å². The van der Waals surface area contributed by atoms with Crippen LogP contribution in [0.15, 0.2) is 41.0 Å². The second kappa shape index (κ2) is 6.48. The number of aromatic nitrogens is 1. The molecule has 2 aromatic rings. The van der Waals surface area contributed by atoms with Crippen molar-refractivity contribution < 1.29 is 4.79 Å². The molecule has 2 rings (SSSR count). The normalized spacial score (nSPS) is 11.1. The van der Waals surface area contributed by atoms with Gasteiger partial charge in [-0.1, -0.05) is 22.0 Å². The van der Waals surface area contributed by atoms with Gasteiger partial charge in [-0.25, -0.2) is 4.98 Å². The smallest absolute Gasteiger partial charge is 0.253 e. The number of rotatable bonds is 3. The lowest BCUT2D eigenvalue weighted by molar-refractivity contribution is 0.0919. The van der Waals surface area contributed by atoms with Crippen molar-refractivity contribution in [2.24, 2.45) is 0 Å². The van der Waals surface area contributed by atoms with Crippen molar-refractivity contribution in [3.05, 3.63) is 52.1 Å². The van der Waals surface area contributed by atoms with Crippen LogP contribution < -0.4 is 10.6 Å². The van der Waals surface area contributed by atoms with Crippen molar-refractivity contribution in [1.29, 1.82) is 0 Å². The second-order valence-electron chi connectivity index (χ2n) is 6.23. The van der Waals surface area contributed by atoms with Gasteiger partial charge in [-0.05, 0) is 57.5 Å². The van der Waals surface area contributed by atoms with Crippen LogP contribution in [0.25, 0.3) is 0 Å². The molecule has 22 heavy (non-hydrogen) atoms. The lowest BCUT2D eigenvalue weighted by Crippen LogP contribution is -2.40. The Labute approximate surface area is 139 Å². The molecule has 0 aliphatic heterocycles. The molecule has 0 aliphatic carbocycles. The molecule has 0 fully saturated rings. The number of hydrogen-bond acceptors (Lipinski definition) is 3. The van der Waals surface area contributed by atoms with E-state index in [9.17, 15) is 4.79 Å². The van der Waals surface area contributed by atoms with Crippen molar-refractivity contribution in [3.63, 3.8) is 0 Å². The van der Waals surface area contributed by atoms with Gasteiger partial charge in [-0.15, -0.1) is 0 Å². The van der Waals surface area contributed by atoms with Gasteiger partial charge in [0.1, 0.15) is 5.82 Å². The van der Waals surface area contributed by atoms with E-state index in [1.54, 1.807) is 18.3 Å². The maximum Gasteiger partial charge on any atom is 0.253 e. The molecule has 0 unspecified atom stereocenters. The summed E-state index contributed by atoms with van der Waals surface area (Å²) in [4.78, 5) is 16.3. The quantitative estimate of drug-likeness (QED) is 0.850. The first-order chi connectivity index (χ1) is 10.2. The van der Waals surface area contributed by atoms with Gasteiger partial charge < -0.3 is 10.6 Å². The largest absolute Gasteiger partial charge is 0.347 e. The zero-order valence-electron chi connectivity index (χ0n) is 13.2. The first kappa shape index (κ1) is 16.5. The highest BCUT2D eigenvalue weighted by Gasteiger charge is 2.15. The number of amides is 1. The summed E-state index contributed by atoms with van der Waals surface area (Å²) in [7, 11) is 0. The summed E-state index contributed by atoms with van der Waals surface area (Å²) >= 11 is 3.50. The summed E-state index contributed by atoms with van der Waals surface area (Å²) in [5, 5.41) is 6.13. The lowest BCUT2D eigenvalue weighted by atomic mass is 10.1. The number of anilines is 2. The first-order valence-electron chi connectivity index (χ1n) is 7.06. The van der Waals surface area contributed by atoms with Crippen LogP contribution in [0.3, 0.4) is 0 Å². The highest BCUT2D eigenvalue weighted by atomic mass is 79.9. The molecule has 1 aromatic heterocycles. The molecule has 4 nitrogen and oxygen atoms in total. The minimum atomic E-state index is -0.262. The third-order valence-electron chi connectivity index (χ3n) is 2.96. The molecule has 0 spiro atoms. The molecule has 0 aliphatic rings. The van der Waals surface area contributed by atoms with Gasteiger partial charge >= 0.3 is 0 Å². The Kier molecular flexibility index (Phi) is 4.86. The van der Waals surface area contributed by atoms with Gasteiger partial charge in [-0.3, -0.25) is 4.79 Å². The Morgan fingerprint density at radius 2 is 1.91 bits per heavy atom. The predicted molar refractivity (Wildman–Crippen MR) is 93.6 cm³/mol. The van der Waals surface area contributed by atoms with E-state index in [1.165, 1.54) is 5.56 Å². The van der Waals surface area contributed by atoms with Crippen molar-refractivity contribution >= 4 is 33.3 Å². The molecule has 0 saturated carbocycles. The van der Waals surface area contributed by atoms with E-state index in [1.807, 2.05) is 45.9 Å². The third kappa shape index (κ3) is 4.56. The van der Waals surface area contributed by atoms with Crippen LogP contribution in [0.4, 0.5) is 11.5 Å². The van der Waals surface area contributed by atoms with E-state index < -0.39 is 0 Å². The molecule has 0 bridgehead atoms. The van der Waals surface area contributed by atoms with E-state index in [0.29, 0.717) is 11.4 Å². The Balaban J connectivity index is 2.08. The van der Waals surface area contributed by atoms with Gasteiger partial charge in [-0.2, -0.15) is 0 Å². The van der Waals surface area contributed by atoms with Gasteiger partial charge in [0, 0.05) is 21.9 Å².